The smallest absolute Gasteiger partial charge is 0.437 e. The molecule has 0 N–H and O–H groups in total. The van der Waals surface area contributed by atoms with Crippen molar-refractivity contribution in [2.45, 2.75) is 412 Å². The molecule has 0 saturated carbocycles. The normalized spacial score (nSPS) is 15.2. The van der Waals surface area contributed by atoms with Gasteiger partial charge in [0, 0.05) is 39.3 Å². The van der Waals surface area contributed by atoms with Crippen LogP contribution < -0.4 is 0 Å². The molecule has 726 valence electrons. The summed E-state index contributed by atoms with van der Waals surface area (Å²) in [5.74, 6) is 0. The Kier molecular flexibility index (Phi) is 54.1. The Labute approximate surface area is 776 Å². The third kappa shape index (κ3) is 79.1. The van der Waals surface area contributed by atoms with Gasteiger partial charge in [-0.05, 0) is 373 Å². The minimum absolute atomic E-state index is 1.31. The van der Waals surface area contributed by atoms with Crippen LogP contribution in [0.2, 0.25) is 412 Å². The maximum atomic E-state index is 6.81. The lowest BCUT2D eigenvalue weighted by Gasteiger charge is -2.45. The highest BCUT2D eigenvalue weighted by molar-refractivity contribution is 6.97. The summed E-state index contributed by atoms with van der Waals surface area (Å²) in [7, 11) is -61.6. The van der Waals surface area contributed by atoms with Crippen molar-refractivity contribution in [2.24, 2.45) is 0 Å². The molecule has 0 rings (SSSR count). The maximum Gasteiger partial charge on any atom is 0.636 e. The maximum absolute atomic E-state index is 6.81. The van der Waals surface area contributed by atoms with Crippen molar-refractivity contribution >= 4 is 248 Å². The molecule has 0 aliphatic carbocycles. The molecular formula is C67H198O24Si29. The standard InChI is InChI=1S/C17H52O7Si8.C15H42O5Si6.C13H40O5Si6.C11H34O4Si5.C11H30O3Si4/c1-25(2)18-30(15,23-31(16,19-26(3,4)5)20-27(6,7)8)24-32(17,21-28(9,10)11)22-29(12,13)14;1-15-23(8,9)18-26(14,19-24(10,11)16-21(2,3)4)20-25(12,13)17-22(5,6)7;1-19(2)14-24(13,17-22(9,10)15-20(3,4)5)18-23(11,12)16-21(6,7)8;1-16(2)12-20(13-17(3,4)5,14-18(6,7)8)15-19(9,10)11;1-11-17(8,9)14-18(10,12-15(2,3)4)13-16(5,6)7/h25H,1-17H3;15H,1H2,2-14H3;19H,1-13H3;16H,1-11H3;11H,1H2,2-10H3. The summed E-state index contributed by atoms with van der Waals surface area (Å²) in [4.78, 5) is 0. The molecule has 0 saturated heterocycles. The van der Waals surface area contributed by atoms with Gasteiger partial charge in [0.2, 0.25) is 16.6 Å². The van der Waals surface area contributed by atoms with Crippen LogP contribution in [0, 0.1) is 0 Å². The molecular weight excluding hydrogens is 2000 g/mol. The monoisotopic (exact) mass is 2200 g/mol. The van der Waals surface area contributed by atoms with E-state index in [1.807, 2.05) is 50.7 Å². The highest BCUT2D eigenvalue weighted by atomic mass is 28.6. The molecule has 0 fully saturated rings. The molecule has 0 bridgehead atoms. The summed E-state index contributed by atoms with van der Waals surface area (Å²) < 4.78 is 155. The van der Waals surface area contributed by atoms with Crippen LogP contribution in [0.25, 0.3) is 0 Å². The van der Waals surface area contributed by atoms with Crippen LogP contribution in [-0.2, 0) is 98.8 Å². The Morgan fingerprint density at radius 1 is 0.150 bits per heavy atom. The van der Waals surface area contributed by atoms with Gasteiger partial charge >= 0.3 is 96.1 Å². The Morgan fingerprint density at radius 3 is 0.425 bits per heavy atom. The first-order valence-electron chi connectivity index (χ1n) is 43.3. The molecule has 0 spiro atoms. The molecule has 53 heteroatoms. The van der Waals surface area contributed by atoms with Crippen LogP contribution in [-0.4, -0.2) is 248 Å². The molecule has 0 aliphatic heterocycles. The Morgan fingerprint density at radius 2 is 0.283 bits per heavy atom. The molecule has 0 heterocycles. The Bertz CT molecular complexity index is 2770. The van der Waals surface area contributed by atoms with Crippen LogP contribution in [0.4, 0.5) is 0 Å². The van der Waals surface area contributed by atoms with Gasteiger partial charge in [0.05, 0.1) is 0 Å². The third-order valence-electron chi connectivity index (χ3n) is 12.1. The Balaban J connectivity index is -0.000000466. The van der Waals surface area contributed by atoms with Crippen LogP contribution in [0.15, 0.2) is 24.6 Å². The number of rotatable bonds is 50. The van der Waals surface area contributed by atoms with Crippen molar-refractivity contribution in [3.8, 4) is 0 Å². The lowest BCUT2D eigenvalue weighted by molar-refractivity contribution is 0.150. The Hall–Kier alpha value is 4.81. The molecule has 0 radical (unpaired) electrons. The second-order valence-corrected chi connectivity index (χ2v) is 159. The summed E-state index contributed by atoms with van der Waals surface area (Å²) >= 11 is 0. The van der Waals surface area contributed by atoms with Gasteiger partial charge in [-0.15, -0.1) is 13.2 Å². The largest absolute Gasteiger partial charge is 0.636 e. The fourth-order valence-corrected chi connectivity index (χ4v) is 125. The van der Waals surface area contributed by atoms with Crippen molar-refractivity contribution in [3.63, 3.8) is 0 Å². The van der Waals surface area contributed by atoms with Gasteiger partial charge in [0.1, 0.15) is 0 Å². The van der Waals surface area contributed by atoms with E-state index in [4.69, 9.17) is 98.8 Å². The number of hydrogen-bond acceptors (Lipinski definition) is 24. The topological polar surface area (TPSA) is 222 Å². The fraction of sp³-hybridized carbons (Fsp3) is 0.940. The highest BCUT2D eigenvalue weighted by Gasteiger charge is 2.60. The average molecular weight is 2200 g/mol. The van der Waals surface area contributed by atoms with Crippen LogP contribution in [0.3, 0.4) is 0 Å². The van der Waals surface area contributed by atoms with Crippen molar-refractivity contribution in [2.75, 3.05) is 0 Å². The van der Waals surface area contributed by atoms with E-state index in [0.29, 0.717) is 0 Å². The van der Waals surface area contributed by atoms with Gasteiger partial charge < -0.3 is 98.8 Å². The summed E-state index contributed by atoms with van der Waals surface area (Å²) in [5.41, 5.74) is 3.87. The lowest BCUT2D eigenvalue weighted by atomic mass is 11.3. The molecule has 0 aliphatic rings. The SMILES string of the molecule is C=C[Si](C)(C)O[Si](C)(O[Si](C)(C)C)O[Si](C)(C)C.C=C[Si](C)(C)O[Si](C)(O[Si](C)(C)O[Si](C)(C)C)O[Si](C)(C)O[Si](C)(C)C.C[SiH](C)O[Si](C)(O[Si](C)(C)O[Si](C)(C)C)O[Si](C)(C)O[Si](C)(C)C.C[SiH](C)O[Si](C)(O[Si](C)(O[Si](C)(C)C)O[Si](C)(C)C)O[Si](C)(O[Si](C)(C)C)O[Si](C)(C)C.C[SiH](C)O[Si](O[Si](C)(C)C)(O[Si](C)(C)C)O[Si](C)(C)C. The van der Waals surface area contributed by atoms with E-state index < -0.39 is 248 Å². The van der Waals surface area contributed by atoms with Gasteiger partial charge in [0.15, 0.2) is 135 Å². The van der Waals surface area contributed by atoms with Crippen molar-refractivity contribution < 1.29 is 98.8 Å². The van der Waals surface area contributed by atoms with Gasteiger partial charge in [0.25, 0.3) is 0 Å². The van der Waals surface area contributed by atoms with Gasteiger partial charge in [-0.25, -0.2) is 0 Å². The van der Waals surface area contributed by atoms with Crippen LogP contribution in [0.1, 0.15) is 0 Å². The quantitative estimate of drug-likeness (QED) is 0.0517. The van der Waals surface area contributed by atoms with E-state index in [0.717, 1.165) is 0 Å². The summed E-state index contributed by atoms with van der Waals surface area (Å²) in [5, 5.41) is 0. The predicted molar refractivity (Wildman–Crippen MR) is 587 cm³/mol. The number of hydrogen-bond donors (Lipinski definition) is 0. The second-order valence-electron chi connectivity index (χ2n) is 48.0. The predicted octanol–water partition coefficient (Wildman–Crippen LogP) is 24.6. The second kappa shape index (κ2) is 48.7. The van der Waals surface area contributed by atoms with Crippen LogP contribution in [0.5, 0.6) is 0 Å². The van der Waals surface area contributed by atoms with E-state index in [9.17, 15) is 0 Å². The van der Waals surface area contributed by atoms with Crippen molar-refractivity contribution in [3.05, 3.63) is 24.6 Å². The van der Waals surface area contributed by atoms with E-state index in [1.165, 1.54) is 0 Å². The molecule has 0 amide bonds. The zero-order valence-corrected chi connectivity index (χ0v) is 120. The first-order valence-corrected chi connectivity index (χ1v) is 128. The van der Waals surface area contributed by atoms with Crippen molar-refractivity contribution in [1.29, 1.82) is 0 Å². The first kappa shape index (κ1) is 133. The molecule has 0 aromatic rings. The zero-order valence-electron chi connectivity index (χ0n) is 90.1. The molecule has 0 aromatic carbocycles. The lowest BCUT2D eigenvalue weighted by Crippen LogP contribution is -2.67. The fourth-order valence-electron chi connectivity index (χ4n) is 12.7. The zero-order chi connectivity index (χ0) is 98.1. The summed E-state index contributed by atoms with van der Waals surface area (Å²) in [6.45, 7) is 143. The van der Waals surface area contributed by atoms with Crippen molar-refractivity contribution in [1.82, 2.24) is 0 Å². The molecule has 0 unspecified atom stereocenters. The van der Waals surface area contributed by atoms with E-state index in [2.05, 4.69) is 386 Å². The van der Waals surface area contributed by atoms with Gasteiger partial charge in [-0.3, -0.25) is 0 Å². The summed E-state index contributed by atoms with van der Waals surface area (Å²) in [6, 6.07) is 0. The first-order chi connectivity index (χ1) is 51.2. The minimum Gasteiger partial charge on any atom is -0.437 e. The van der Waals surface area contributed by atoms with E-state index in [1.54, 1.807) is 0 Å². The minimum atomic E-state index is -3.21. The molecule has 0 aromatic heterocycles. The van der Waals surface area contributed by atoms with E-state index in [-0.39, 0.29) is 0 Å². The average Bonchev–Trinajstić information content (AvgIpc) is 0.796. The van der Waals surface area contributed by atoms with E-state index >= 15 is 0 Å². The molecule has 0 atom stereocenters. The van der Waals surface area contributed by atoms with Crippen LogP contribution >= 0.6 is 0 Å². The summed E-state index contributed by atoms with van der Waals surface area (Å²) in [6.07, 6.45) is 0. The molecule has 24 nitrogen and oxygen atoms in total. The third-order valence-corrected chi connectivity index (χ3v) is 103. The highest BCUT2D eigenvalue weighted by Crippen LogP contribution is 2.36. The van der Waals surface area contributed by atoms with Gasteiger partial charge in [-0.2, -0.15) is 0 Å². The molecule has 120 heavy (non-hydrogen) atoms. The van der Waals surface area contributed by atoms with Gasteiger partial charge in [-0.1, -0.05) is 11.4 Å².